The summed E-state index contributed by atoms with van der Waals surface area (Å²) in [6, 6.07) is 4.92. The number of nitrogens with one attached hydrogen (secondary N) is 1. The van der Waals surface area contributed by atoms with Gasteiger partial charge in [0.1, 0.15) is 0 Å². The molecule has 1 aliphatic rings. The van der Waals surface area contributed by atoms with Gasteiger partial charge in [-0.25, -0.2) is 0 Å². The van der Waals surface area contributed by atoms with Crippen molar-refractivity contribution in [3.63, 3.8) is 0 Å². The summed E-state index contributed by atoms with van der Waals surface area (Å²) in [4.78, 5) is 4.54. The molecule has 1 aromatic heterocycles. The lowest BCUT2D eigenvalue weighted by molar-refractivity contribution is 0.360. The number of nitrogens with zero attached hydrogens (tertiary/aromatic N) is 1. The average Bonchev–Trinajstić information content (AvgIpc) is 2.69. The number of aromatic nitrogens is 1. The molecule has 0 saturated heterocycles. The number of hydrogen-bond acceptors (Lipinski definition) is 2. The molecule has 1 aromatic rings. The maximum atomic E-state index is 4.54. The van der Waals surface area contributed by atoms with Crippen LogP contribution in [0.2, 0.25) is 0 Å². The Morgan fingerprint density at radius 1 is 1.21 bits per heavy atom. The zero-order valence-electron chi connectivity index (χ0n) is 12.5. The fraction of sp³-hybridized carbons (Fsp3) is 0.706. The van der Waals surface area contributed by atoms with Crippen LogP contribution in [-0.2, 0) is 6.42 Å². The van der Waals surface area contributed by atoms with Crippen molar-refractivity contribution < 1.29 is 0 Å². The Hall–Kier alpha value is -0.890. The van der Waals surface area contributed by atoms with Crippen LogP contribution in [0.3, 0.4) is 0 Å². The fourth-order valence-electron chi connectivity index (χ4n) is 3.18. The van der Waals surface area contributed by atoms with Gasteiger partial charge in [0.25, 0.3) is 0 Å². The molecule has 0 bridgehead atoms. The molecule has 19 heavy (non-hydrogen) atoms. The van der Waals surface area contributed by atoms with Crippen molar-refractivity contribution >= 4 is 0 Å². The van der Waals surface area contributed by atoms with Gasteiger partial charge < -0.3 is 5.32 Å². The summed E-state index contributed by atoms with van der Waals surface area (Å²) in [6.45, 7) is 2.10. The highest BCUT2D eigenvalue weighted by molar-refractivity contribution is 5.13. The van der Waals surface area contributed by atoms with Crippen LogP contribution >= 0.6 is 0 Å². The molecule has 1 atom stereocenters. The molecule has 1 N–H and O–H groups in total. The van der Waals surface area contributed by atoms with E-state index in [1.54, 1.807) is 0 Å². The summed E-state index contributed by atoms with van der Waals surface area (Å²) in [5.74, 6) is 0.922. The fourth-order valence-corrected chi connectivity index (χ4v) is 3.18. The van der Waals surface area contributed by atoms with Gasteiger partial charge in [0.2, 0.25) is 0 Å². The van der Waals surface area contributed by atoms with E-state index < -0.39 is 0 Å². The second kappa shape index (κ2) is 7.64. The number of aryl methyl sites for hydroxylation is 1. The monoisotopic (exact) mass is 260 g/mol. The van der Waals surface area contributed by atoms with Gasteiger partial charge in [0.05, 0.1) is 0 Å². The minimum Gasteiger partial charge on any atom is -0.317 e. The van der Waals surface area contributed by atoms with Gasteiger partial charge in [-0.3, -0.25) is 4.98 Å². The van der Waals surface area contributed by atoms with Crippen LogP contribution in [0.15, 0.2) is 18.3 Å². The van der Waals surface area contributed by atoms with Crippen LogP contribution in [0.5, 0.6) is 0 Å². The Labute approximate surface area is 118 Å². The van der Waals surface area contributed by atoms with E-state index in [0.29, 0.717) is 6.04 Å². The zero-order chi connectivity index (χ0) is 13.5. The van der Waals surface area contributed by atoms with Gasteiger partial charge in [-0.2, -0.15) is 0 Å². The first-order valence-corrected chi connectivity index (χ1v) is 7.86. The molecule has 2 heteroatoms. The molecule has 1 heterocycles. The van der Waals surface area contributed by atoms with Crippen molar-refractivity contribution in [2.45, 2.75) is 64.3 Å². The lowest BCUT2D eigenvalue weighted by Gasteiger charge is -2.22. The van der Waals surface area contributed by atoms with Crippen LogP contribution in [0, 0.1) is 12.8 Å². The summed E-state index contributed by atoms with van der Waals surface area (Å²) in [7, 11) is 2.09. The predicted octanol–water partition coefficient (Wildman–Crippen LogP) is 3.88. The molecule has 1 aliphatic carbocycles. The Bertz CT molecular complexity index is 350. The second-order valence-electron chi connectivity index (χ2n) is 6.11. The molecule has 2 rings (SSSR count). The van der Waals surface area contributed by atoms with Crippen LogP contribution in [0.1, 0.15) is 56.2 Å². The van der Waals surface area contributed by atoms with E-state index in [1.165, 1.54) is 56.2 Å². The quantitative estimate of drug-likeness (QED) is 0.813. The highest BCUT2D eigenvalue weighted by Crippen LogP contribution is 2.27. The molecule has 2 nitrogen and oxygen atoms in total. The molecule has 1 fully saturated rings. The third-order valence-electron chi connectivity index (χ3n) is 4.43. The molecular formula is C17H28N2. The summed E-state index contributed by atoms with van der Waals surface area (Å²) in [5, 5.41) is 3.49. The van der Waals surface area contributed by atoms with Gasteiger partial charge in [-0.15, -0.1) is 0 Å². The van der Waals surface area contributed by atoms with E-state index in [2.05, 4.69) is 36.4 Å². The van der Waals surface area contributed by atoms with Crippen LogP contribution in [0.4, 0.5) is 0 Å². The molecule has 0 radical (unpaired) electrons. The lowest BCUT2D eigenvalue weighted by Crippen LogP contribution is -2.30. The number of pyridine rings is 1. The highest BCUT2D eigenvalue weighted by Gasteiger charge is 2.17. The normalized spacial score (nSPS) is 19.1. The van der Waals surface area contributed by atoms with E-state index in [0.717, 1.165) is 12.3 Å². The number of hydrogen-bond donors (Lipinski definition) is 1. The van der Waals surface area contributed by atoms with Crippen molar-refractivity contribution in [3.05, 3.63) is 29.6 Å². The molecular weight excluding hydrogens is 232 g/mol. The van der Waals surface area contributed by atoms with Gasteiger partial charge in [0.15, 0.2) is 0 Å². The summed E-state index contributed by atoms with van der Waals surface area (Å²) in [5.41, 5.74) is 2.46. The van der Waals surface area contributed by atoms with Crippen LogP contribution in [0.25, 0.3) is 0 Å². The van der Waals surface area contributed by atoms with E-state index in [1.807, 2.05) is 6.20 Å². The van der Waals surface area contributed by atoms with Crippen LogP contribution < -0.4 is 5.32 Å². The molecule has 1 unspecified atom stereocenters. The Balaban J connectivity index is 1.86. The van der Waals surface area contributed by atoms with E-state index in [-0.39, 0.29) is 0 Å². The Morgan fingerprint density at radius 3 is 2.53 bits per heavy atom. The zero-order valence-corrected chi connectivity index (χ0v) is 12.5. The van der Waals surface area contributed by atoms with Gasteiger partial charge in [-0.1, -0.05) is 44.6 Å². The summed E-state index contributed by atoms with van der Waals surface area (Å²) in [6.07, 6.45) is 13.0. The van der Waals surface area contributed by atoms with Crippen molar-refractivity contribution in [1.29, 1.82) is 0 Å². The van der Waals surface area contributed by atoms with Crippen molar-refractivity contribution in [2.75, 3.05) is 7.05 Å². The topological polar surface area (TPSA) is 24.9 Å². The highest BCUT2D eigenvalue weighted by atomic mass is 14.9. The first-order chi connectivity index (χ1) is 9.28. The third-order valence-corrected chi connectivity index (χ3v) is 4.43. The van der Waals surface area contributed by atoms with Crippen molar-refractivity contribution in [3.8, 4) is 0 Å². The summed E-state index contributed by atoms with van der Waals surface area (Å²) >= 11 is 0. The third kappa shape index (κ3) is 4.94. The Morgan fingerprint density at radius 2 is 1.95 bits per heavy atom. The first kappa shape index (κ1) is 14.5. The first-order valence-electron chi connectivity index (χ1n) is 7.86. The van der Waals surface area contributed by atoms with E-state index >= 15 is 0 Å². The second-order valence-corrected chi connectivity index (χ2v) is 6.11. The van der Waals surface area contributed by atoms with Crippen molar-refractivity contribution in [2.24, 2.45) is 5.92 Å². The maximum Gasteiger partial charge on any atom is 0.0419 e. The molecule has 0 amide bonds. The van der Waals surface area contributed by atoms with E-state index in [9.17, 15) is 0 Å². The van der Waals surface area contributed by atoms with Gasteiger partial charge >= 0.3 is 0 Å². The number of likely N-dealkylation sites (N-methyl/N-ethyl adjacent to an activating group) is 1. The lowest BCUT2D eigenvalue weighted by atomic mass is 9.91. The largest absolute Gasteiger partial charge is 0.317 e. The smallest absolute Gasteiger partial charge is 0.0419 e. The predicted molar refractivity (Wildman–Crippen MR) is 81.3 cm³/mol. The van der Waals surface area contributed by atoms with Gasteiger partial charge in [0, 0.05) is 24.4 Å². The maximum absolute atomic E-state index is 4.54. The average molecular weight is 260 g/mol. The minimum atomic E-state index is 0.582. The molecule has 1 saturated carbocycles. The SMILES string of the molecule is CNC(Cc1ccc(C)cn1)CC1CCCCCC1. The summed E-state index contributed by atoms with van der Waals surface area (Å²) < 4.78 is 0. The molecule has 106 valence electrons. The molecule has 0 spiro atoms. The van der Waals surface area contributed by atoms with Crippen LogP contribution in [-0.4, -0.2) is 18.1 Å². The standard InChI is InChI=1S/C17H28N2/c1-14-9-10-16(19-13-14)12-17(18-2)11-15-7-5-3-4-6-8-15/h9-10,13,15,17-18H,3-8,11-12H2,1-2H3. The number of rotatable bonds is 5. The van der Waals surface area contributed by atoms with Gasteiger partial charge in [-0.05, 0) is 37.9 Å². The Kier molecular flexibility index (Phi) is 5.84. The minimum absolute atomic E-state index is 0.582. The van der Waals surface area contributed by atoms with Crippen molar-refractivity contribution in [1.82, 2.24) is 10.3 Å². The molecule has 0 aliphatic heterocycles. The van der Waals surface area contributed by atoms with E-state index in [4.69, 9.17) is 0 Å². The molecule has 0 aromatic carbocycles.